The number of hydrogen-bond donors (Lipinski definition) is 0. The van der Waals surface area contributed by atoms with Gasteiger partial charge in [0, 0.05) is 19.3 Å². The van der Waals surface area contributed by atoms with Crippen molar-refractivity contribution in [2.75, 3.05) is 19.8 Å². The first kappa shape index (κ1) is 23.3. The Kier molecular flexibility index (Phi) is 15.4. The lowest BCUT2D eigenvalue weighted by atomic mass is 10.1. The van der Waals surface area contributed by atoms with Gasteiger partial charge in [0.1, 0.15) is 0 Å². The van der Waals surface area contributed by atoms with Crippen LogP contribution in [0, 0.1) is 0 Å². The molecular formula is C19H38O4Si. The minimum atomic E-state index is -1.90. The molecule has 5 heteroatoms. The fraction of sp³-hybridized carbons (Fsp3) is 0.842. The van der Waals surface area contributed by atoms with Crippen LogP contribution in [0.25, 0.3) is 0 Å². The molecule has 142 valence electrons. The van der Waals surface area contributed by atoms with Crippen molar-refractivity contribution in [2.45, 2.75) is 84.2 Å². The van der Waals surface area contributed by atoms with Gasteiger partial charge >= 0.3 is 14.5 Å². The van der Waals surface area contributed by atoms with Crippen molar-refractivity contribution in [1.82, 2.24) is 0 Å². The third-order valence-corrected chi connectivity index (χ3v) is 7.15. The summed E-state index contributed by atoms with van der Waals surface area (Å²) in [6.07, 6.45) is 12.2. The number of carbonyl (C=O) groups excluding carboxylic acids is 1. The minimum Gasteiger partial charge on any atom is -0.463 e. The van der Waals surface area contributed by atoms with Crippen LogP contribution in [0.5, 0.6) is 0 Å². The van der Waals surface area contributed by atoms with Crippen LogP contribution in [-0.2, 0) is 18.4 Å². The van der Waals surface area contributed by atoms with Gasteiger partial charge in [-0.2, -0.15) is 0 Å². The lowest BCUT2D eigenvalue weighted by molar-refractivity contribution is -0.137. The summed E-state index contributed by atoms with van der Waals surface area (Å²) >= 11 is 0. The summed E-state index contributed by atoms with van der Waals surface area (Å²) in [7, 11) is -1.90. The van der Waals surface area contributed by atoms with E-state index in [1.165, 1.54) is 51.0 Å². The molecule has 0 aromatic rings. The first-order valence-electron chi connectivity index (χ1n) is 9.65. The molecule has 0 saturated heterocycles. The lowest BCUT2D eigenvalue weighted by Crippen LogP contribution is -2.38. The van der Waals surface area contributed by atoms with E-state index in [0.29, 0.717) is 6.61 Å². The molecule has 0 bridgehead atoms. The van der Waals surface area contributed by atoms with Crippen molar-refractivity contribution in [3.63, 3.8) is 0 Å². The first-order chi connectivity index (χ1) is 11.6. The van der Waals surface area contributed by atoms with Crippen LogP contribution in [0.4, 0.5) is 0 Å². The van der Waals surface area contributed by atoms with Crippen LogP contribution >= 0.6 is 0 Å². The first-order valence-corrected chi connectivity index (χ1v) is 12.2. The standard InChI is InChI=1S/C19H38O4Si/c1-5-19(20)21-17-15-13-11-9-8-10-12-14-16-18-24(4,22-6-2)23-7-3/h5H,1,6-18H2,2-4H3. The Balaban J connectivity index is 3.38. The van der Waals surface area contributed by atoms with Gasteiger partial charge in [0.2, 0.25) is 0 Å². The topological polar surface area (TPSA) is 44.8 Å². The molecule has 0 fully saturated rings. The van der Waals surface area contributed by atoms with E-state index in [9.17, 15) is 4.79 Å². The average Bonchev–Trinajstić information content (AvgIpc) is 2.56. The maximum atomic E-state index is 10.9. The van der Waals surface area contributed by atoms with Crippen LogP contribution in [0.15, 0.2) is 12.7 Å². The van der Waals surface area contributed by atoms with Crippen LogP contribution in [0.2, 0.25) is 12.6 Å². The molecule has 0 spiro atoms. The molecule has 0 atom stereocenters. The Labute approximate surface area is 150 Å². The van der Waals surface area contributed by atoms with Crippen molar-refractivity contribution in [1.29, 1.82) is 0 Å². The number of esters is 1. The zero-order valence-electron chi connectivity index (χ0n) is 16.1. The van der Waals surface area contributed by atoms with Crippen molar-refractivity contribution >= 4 is 14.5 Å². The third-order valence-electron chi connectivity index (χ3n) is 4.09. The Bertz CT molecular complexity index is 314. The number of carbonyl (C=O) groups is 1. The van der Waals surface area contributed by atoms with Gasteiger partial charge in [-0.25, -0.2) is 4.79 Å². The molecule has 0 aromatic heterocycles. The quantitative estimate of drug-likeness (QED) is 0.152. The average molecular weight is 359 g/mol. The van der Waals surface area contributed by atoms with E-state index in [4.69, 9.17) is 13.6 Å². The summed E-state index contributed by atoms with van der Waals surface area (Å²) < 4.78 is 16.7. The van der Waals surface area contributed by atoms with Crippen molar-refractivity contribution in [2.24, 2.45) is 0 Å². The predicted octanol–water partition coefficient (Wildman–Crippen LogP) is 5.37. The molecule has 0 rings (SSSR count). The van der Waals surface area contributed by atoms with Gasteiger partial charge in [0.15, 0.2) is 0 Å². The highest BCUT2D eigenvalue weighted by molar-refractivity contribution is 6.66. The van der Waals surface area contributed by atoms with E-state index in [0.717, 1.165) is 32.1 Å². The van der Waals surface area contributed by atoms with Crippen LogP contribution in [-0.4, -0.2) is 34.4 Å². The molecule has 0 N–H and O–H groups in total. The van der Waals surface area contributed by atoms with Gasteiger partial charge in [-0.3, -0.25) is 0 Å². The fourth-order valence-corrected chi connectivity index (χ4v) is 5.30. The Morgan fingerprint density at radius 1 is 0.875 bits per heavy atom. The van der Waals surface area contributed by atoms with Crippen molar-refractivity contribution in [3.05, 3.63) is 12.7 Å². The Morgan fingerprint density at radius 3 is 1.79 bits per heavy atom. The monoisotopic (exact) mass is 358 g/mol. The van der Waals surface area contributed by atoms with Gasteiger partial charge in [0.25, 0.3) is 0 Å². The molecule has 24 heavy (non-hydrogen) atoms. The number of rotatable bonds is 17. The van der Waals surface area contributed by atoms with Crippen molar-refractivity contribution < 1.29 is 18.4 Å². The van der Waals surface area contributed by atoms with Crippen LogP contribution in [0.3, 0.4) is 0 Å². The summed E-state index contributed by atoms with van der Waals surface area (Å²) in [5, 5.41) is 0. The molecular weight excluding hydrogens is 320 g/mol. The third kappa shape index (κ3) is 13.8. The number of ether oxygens (including phenoxy) is 1. The second-order valence-corrected chi connectivity index (χ2v) is 9.65. The molecule has 4 nitrogen and oxygen atoms in total. The van der Waals surface area contributed by atoms with E-state index in [1.54, 1.807) is 0 Å². The fourth-order valence-electron chi connectivity index (χ4n) is 2.81. The van der Waals surface area contributed by atoms with Gasteiger partial charge in [-0.1, -0.05) is 57.9 Å². The highest BCUT2D eigenvalue weighted by atomic mass is 28.4. The maximum Gasteiger partial charge on any atom is 0.334 e. The number of hydrogen-bond acceptors (Lipinski definition) is 4. The van der Waals surface area contributed by atoms with Gasteiger partial charge < -0.3 is 13.6 Å². The smallest absolute Gasteiger partial charge is 0.334 e. The van der Waals surface area contributed by atoms with Crippen molar-refractivity contribution in [3.8, 4) is 0 Å². The molecule has 0 aliphatic heterocycles. The summed E-state index contributed by atoms with van der Waals surface area (Å²) in [5.74, 6) is -0.317. The molecule has 0 amide bonds. The SMILES string of the molecule is C=CC(=O)OCCCCCCCCCCC[Si](C)(OCC)OCC. The van der Waals surface area contributed by atoms with Crippen LogP contribution < -0.4 is 0 Å². The molecule has 0 aromatic carbocycles. The number of unbranched alkanes of at least 4 members (excludes halogenated alkanes) is 8. The second kappa shape index (κ2) is 15.9. The van der Waals surface area contributed by atoms with E-state index >= 15 is 0 Å². The zero-order chi connectivity index (χ0) is 18.1. The molecule has 0 saturated carbocycles. The summed E-state index contributed by atoms with van der Waals surface area (Å²) in [6.45, 7) is 11.7. The maximum absolute atomic E-state index is 10.9. The van der Waals surface area contributed by atoms with Gasteiger partial charge in [-0.15, -0.1) is 0 Å². The predicted molar refractivity (Wildman–Crippen MR) is 102 cm³/mol. The largest absolute Gasteiger partial charge is 0.463 e. The van der Waals surface area contributed by atoms with E-state index in [-0.39, 0.29) is 5.97 Å². The highest BCUT2D eigenvalue weighted by Gasteiger charge is 2.29. The zero-order valence-corrected chi connectivity index (χ0v) is 17.1. The van der Waals surface area contributed by atoms with E-state index < -0.39 is 8.56 Å². The minimum absolute atomic E-state index is 0.317. The molecule has 0 aliphatic carbocycles. The summed E-state index contributed by atoms with van der Waals surface area (Å²) in [4.78, 5) is 10.9. The van der Waals surface area contributed by atoms with E-state index in [2.05, 4.69) is 13.1 Å². The molecule has 0 unspecified atom stereocenters. The molecule has 0 radical (unpaired) electrons. The van der Waals surface area contributed by atoms with E-state index in [1.807, 2.05) is 13.8 Å². The van der Waals surface area contributed by atoms with Gasteiger partial charge in [0.05, 0.1) is 6.61 Å². The molecule has 0 heterocycles. The Hall–Kier alpha value is -0.653. The lowest BCUT2D eigenvalue weighted by Gasteiger charge is -2.25. The summed E-state index contributed by atoms with van der Waals surface area (Å²) in [6, 6.07) is 1.11. The second-order valence-electron chi connectivity index (χ2n) is 6.30. The van der Waals surface area contributed by atoms with Gasteiger partial charge in [-0.05, 0) is 32.9 Å². The van der Waals surface area contributed by atoms with Crippen LogP contribution in [0.1, 0.15) is 71.6 Å². The highest BCUT2D eigenvalue weighted by Crippen LogP contribution is 2.19. The Morgan fingerprint density at radius 2 is 1.33 bits per heavy atom. The summed E-state index contributed by atoms with van der Waals surface area (Å²) in [5.41, 5.74) is 0. The molecule has 0 aliphatic rings. The normalized spacial score (nSPS) is 11.5.